The summed E-state index contributed by atoms with van der Waals surface area (Å²) in [5, 5.41) is 0. The van der Waals surface area contributed by atoms with Gasteiger partial charge in [0.05, 0.1) is 23.9 Å². The van der Waals surface area contributed by atoms with Crippen molar-refractivity contribution >= 4 is 11.9 Å². The van der Waals surface area contributed by atoms with Crippen molar-refractivity contribution in [2.75, 3.05) is 6.73 Å². The summed E-state index contributed by atoms with van der Waals surface area (Å²) in [6.07, 6.45) is 3.44. The van der Waals surface area contributed by atoms with Gasteiger partial charge in [-0.25, -0.2) is 0 Å². The van der Waals surface area contributed by atoms with Crippen LogP contribution < -0.4 is 9.47 Å². The van der Waals surface area contributed by atoms with Crippen LogP contribution in [0.5, 0.6) is 11.5 Å². The molecule has 0 fully saturated rings. The maximum Gasteiger partial charge on any atom is 0.231 e. The number of hydrogen-bond acceptors (Lipinski definition) is 5. The Bertz CT molecular complexity index is 1020. The van der Waals surface area contributed by atoms with E-state index < -0.39 is 0 Å². The van der Waals surface area contributed by atoms with Crippen LogP contribution in [0.4, 0.5) is 0 Å². The Labute approximate surface area is 156 Å². The maximum atomic E-state index is 12.8. The number of fused-ring (bicyclic) bond motifs is 3. The molecule has 5 rings (SSSR count). The van der Waals surface area contributed by atoms with E-state index >= 15 is 0 Å². The fourth-order valence-electron chi connectivity index (χ4n) is 3.43. The minimum absolute atomic E-state index is 0.0974. The molecule has 0 atom stereocenters. The van der Waals surface area contributed by atoms with E-state index in [4.69, 9.17) is 13.9 Å². The molecular weight excluding hydrogens is 342 g/mol. The monoisotopic (exact) mass is 359 g/mol. The third-order valence-corrected chi connectivity index (χ3v) is 4.74. The van der Waals surface area contributed by atoms with Crippen molar-refractivity contribution < 1.29 is 18.7 Å². The minimum atomic E-state index is -0.0974. The minimum Gasteiger partial charge on any atom is -0.478 e. The third kappa shape index (κ3) is 2.92. The van der Waals surface area contributed by atoms with Gasteiger partial charge in [0, 0.05) is 6.54 Å². The van der Waals surface area contributed by atoms with Crippen molar-refractivity contribution in [1.29, 1.82) is 0 Å². The Hall–Kier alpha value is -3.31. The molecule has 2 aliphatic rings. The largest absolute Gasteiger partial charge is 0.478 e. The normalized spacial score (nSPS) is 17.3. The number of rotatable bonds is 3. The van der Waals surface area contributed by atoms with Gasteiger partial charge in [-0.2, -0.15) is 0 Å². The first-order valence-corrected chi connectivity index (χ1v) is 8.80. The average Bonchev–Trinajstić information content (AvgIpc) is 3.31. The van der Waals surface area contributed by atoms with E-state index in [-0.39, 0.29) is 5.78 Å². The summed E-state index contributed by atoms with van der Waals surface area (Å²) in [5.41, 5.74) is 2.41. The molecular formula is C22H17NO4. The number of benzene rings is 2. The first kappa shape index (κ1) is 15.9. The molecule has 27 heavy (non-hydrogen) atoms. The van der Waals surface area contributed by atoms with Crippen molar-refractivity contribution in [3.05, 3.63) is 89.1 Å². The number of furan rings is 1. The number of allylic oxidation sites excluding steroid dienone is 1. The number of Topliss-reactive ketones (excluding diaryl/α,β-unsaturated/α-hetero) is 1. The molecule has 0 saturated heterocycles. The molecule has 0 saturated carbocycles. The summed E-state index contributed by atoms with van der Waals surface area (Å²) in [6, 6.07) is 17.1. The average molecular weight is 359 g/mol. The lowest BCUT2D eigenvalue weighted by atomic mass is 10.0. The van der Waals surface area contributed by atoms with E-state index in [9.17, 15) is 4.79 Å². The molecule has 3 heterocycles. The number of nitrogens with zero attached hydrogens (tertiary/aromatic N) is 1. The molecule has 134 valence electrons. The van der Waals surface area contributed by atoms with Gasteiger partial charge in [0.2, 0.25) is 5.78 Å². The molecule has 0 unspecified atom stereocenters. The van der Waals surface area contributed by atoms with Crippen molar-refractivity contribution in [3.63, 3.8) is 0 Å². The first-order chi connectivity index (χ1) is 13.3. The van der Waals surface area contributed by atoms with Crippen LogP contribution in [0.1, 0.15) is 27.2 Å². The highest BCUT2D eigenvalue weighted by Crippen LogP contribution is 2.42. The molecule has 0 amide bonds. The quantitative estimate of drug-likeness (QED) is 0.655. The van der Waals surface area contributed by atoms with Gasteiger partial charge < -0.3 is 13.9 Å². The van der Waals surface area contributed by atoms with Crippen LogP contribution in [0.3, 0.4) is 0 Å². The molecule has 5 nitrogen and oxygen atoms in total. The summed E-state index contributed by atoms with van der Waals surface area (Å²) < 4.78 is 17.3. The van der Waals surface area contributed by atoms with Crippen LogP contribution in [0.25, 0.3) is 6.08 Å². The van der Waals surface area contributed by atoms with Gasteiger partial charge in [-0.1, -0.05) is 30.3 Å². The second-order valence-corrected chi connectivity index (χ2v) is 6.61. The predicted octanol–water partition coefficient (Wildman–Crippen LogP) is 4.25. The zero-order valence-electron chi connectivity index (χ0n) is 14.6. The number of carbonyl (C=O) groups excluding carboxylic acids is 1. The maximum absolute atomic E-state index is 12.8. The Kier molecular flexibility index (Phi) is 3.80. The van der Waals surface area contributed by atoms with E-state index in [2.05, 4.69) is 4.90 Å². The zero-order valence-corrected chi connectivity index (χ0v) is 14.6. The molecule has 0 bridgehead atoms. The third-order valence-electron chi connectivity index (χ3n) is 4.74. The highest BCUT2D eigenvalue weighted by atomic mass is 16.5. The standard InChI is InChI=1S/C22H17NO4/c24-21-17-8-9-19-18(13-23(14-26-19)12-16-7-4-10-25-16)22(17)27-20(21)11-15-5-2-1-3-6-15/h1-11H,12-14H2. The fraction of sp³-hybridized carbons (Fsp3) is 0.136. The topological polar surface area (TPSA) is 51.9 Å². The van der Waals surface area contributed by atoms with Crippen LogP contribution in [0, 0.1) is 0 Å². The van der Waals surface area contributed by atoms with E-state index in [0.29, 0.717) is 36.9 Å². The summed E-state index contributed by atoms with van der Waals surface area (Å²) >= 11 is 0. The zero-order chi connectivity index (χ0) is 18.2. The van der Waals surface area contributed by atoms with Gasteiger partial charge in [0.25, 0.3) is 0 Å². The molecule has 2 aromatic carbocycles. The number of carbonyl (C=O) groups is 1. The molecule has 0 spiro atoms. The lowest BCUT2D eigenvalue weighted by Crippen LogP contribution is -2.31. The Morgan fingerprint density at radius 1 is 1.04 bits per heavy atom. The van der Waals surface area contributed by atoms with Crippen molar-refractivity contribution in [2.24, 2.45) is 0 Å². The Balaban J connectivity index is 1.45. The lowest BCUT2D eigenvalue weighted by Gasteiger charge is -2.29. The van der Waals surface area contributed by atoms with Crippen molar-refractivity contribution in [2.45, 2.75) is 13.1 Å². The summed E-state index contributed by atoms with van der Waals surface area (Å²) in [6.45, 7) is 1.73. The smallest absolute Gasteiger partial charge is 0.231 e. The van der Waals surface area contributed by atoms with E-state index in [1.807, 2.05) is 48.5 Å². The van der Waals surface area contributed by atoms with E-state index in [1.165, 1.54) is 0 Å². The van der Waals surface area contributed by atoms with Gasteiger partial charge >= 0.3 is 0 Å². The first-order valence-electron chi connectivity index (χ1n) is 8.80. The summed E-state index contributed by atoms with van der Waals surface area (Å²) in [5.74, 6) is 2.48. The fourth-order valence-corrected chi connectivity index (χ4v) is 3.43. The summed E-state index contributed by atoms with van der Waals surface area (Å²) in [7, 11) is 0. The van der Waals surface area contributed by atoms with Gasteiger partial charge in [0.15, 0.2) is 5.76 Å². The van der Waals surface area contributed by atoms with Crippen LogP contribution in [-0.2, 0) is 13.1 Å². The number of ketones is 1. The van der Waals surface area contributed by atoms with Crippen molar-refractivity contribution in [1.82, 2.24) is 4.90 Å². The molecule has 1 aromatic heterocycles. The Morgan fingerprint density at radius 2 is 1.93 bits per heavy atom. The summed E-state index contributed by atoms with van der Waals surface area (Å²) in [4.78, 5) is 14.9. The SMILES string of the molecule is O=C1C(=Cc2ccccc2)Oc2c1ccc1c2CN(Cc2ccco2)CO1. The van der Waals surface area contributed by atoms with E-state index in [0.717, 1.165) is 22.6 Å². The molecule has 2 aliphatic heterocycles. The van der Waals surface area contributed by atoms with Gasteiger partial charge in [-0.05, 0) is 35.9 Å². The van der Waals surface area contributed by atoms with Gasteiger partial charge in [-0.15, -0.1) is 0 Å². The van der Waals surface area contributed by atoms with Crippen LogP contribution in [0.15, 0.2) is 71.0 Å². The van der Waals surface area contributed by atoms with Gasteiger partial charge in [0.1, 0.15) is 24.0 Å². The van der Waals surface area contributed by atoms with Crippen LogP contribution in [-0.4, -0.2) is 17.4 Å². The highest BCUT2D eigenvalue weighted by molar-refractivity contribution is 6.15. The number of ether oxygens (including phenoxy) is 2. The molecule has 3 aromatic rings. The molecule has 0 N–H and O–H groups in total. The molecule has 5 heteroatoms. The van der Waals surface area contributed by atoms with Crippen LogP contribution >= 0.6 is 0 Å². The molecule has 0 radical (unpaired) electrons. The highest BCUT2D eigenvalue weighted by Gasteiger charge is 2.33. The number of hydrogen-bond donors (Lipinski definition) is 0. The van der Waals surface area contributed by atoms with Crippen LogP contribution in [0.2, 0.25) is 0 Å². The lowest BCUT2D eigenvalue weighted by molar-refractivity contribution is 0.0810. The second kappa shape index (κ2) is 6.45. The molecule has 0 aliphatic carbocycles. The predicted molar refractivity (Wildman–Crippen MR) is 99.3 cm³/mol. The second-order valence-electron chi connectivity index (χ2n) is 6.61. The van der Waals surface area contributed by atoms with Crippen molar-refractivity contribution in [3.8, 4) is 11.5 Å². The van der Waals surface area contributed by atoms with Gasteiger partial charge in [-0.3, -0.25) is 9.69 Å². The Morgan fingerprint density at radius 3 is 2.74 bits per heavy atom. The van der Waals surface area contributed by atoms with E-state index in [1.54, 1.807) is 18.4 Å².